The number of benzene rings is 2. The first kappa shape index (κ1) is 12.4. The topological polar surface area (TPSA) is 55.0 Å². The number of hydrogen-bond acceptors (Lipinski definition) is 3. The van der Waals surface area contributed by atoms with Crippen LogP contribution in [0.25, 0.3) is 22.2 Å². The minimum absolute atomic E-state index is 0.323. The zero-order valence-corrected chi connectivity index (χ0v) is 11.1. The number of carbonyl (C=O) groups excluding carboxylic acids is 1. The predicted octanol–water partition coefficient (Wildman–Crippen LogP) is 3.41. The summed E-state index contributed by atoms with van der Waals surface area (Å²) in [6.07, 6.45) is 0. The van der Waals surface area contributed by atoms with Crippen molar-refractivity contribution in [2.24, 2.45) is 0 Å². The standard InChI is InChI=1S/C16H14N2O2/c1-2-20-16(19)12-9-6-10-13-14(12)15(18-17-13)11-7-4-3-5-8-11/h3-10H,2H2,1H3,(H,17,18). The van der Waals surface area contributed by atoms with Crippen LogP contribution in [0.4, 0.5) is 0 Å². The molecule has 1 heterocycles. The molecule has 0 spiro atoms. The summed E-state index contributed by atoms with van der Waals surface area (Å²) in [6, 6.07) is 15.3. The molecule has 0 unspecified atom stereocenters. The van der Waals surface area contributed by atoms with Gasteiger partial charge in [0.15, 0.2) is 0 Å². The van der Waals surface area contributed by atoms with Crippen LogP contribution in [-0.2, 0) is 4.74 Å². The van der Waals surface area contributed by atoms with Gasteiger partial charge >= 0.3 is 5.97 Å². The van der Waals surface area contributed by atoms with Gasteiger partial charge in [0.2, 0.25) is 0 Å². The second kappa shape index (κ2) is 5.17. The van der Waals surface area contributed by atoms with E-state index in [1.807, 2.05) is 42.5 Å². The van der Waals surface area contributed by atoms with Crippen LogP contribution in [-0.4, -0.2) is 22.8 Å². The molecule has 1 N–H and O–H groups in total. The third-order valence-electron chi connectivity index (χ3n) is 3.13. The highest BCUT2D eigenvalue weighted by atomic mass is 16.5. The van der Waals surface area contributed by atoms with Crippen LogP contribution in [0.5, 0.6) is 0 Å². The van der Waals surface area contributed by atoms with Gasteiger partial charge in [-0.15, -0.1) is 0 Å². The SMILES string of the molecule is CCOC(=O)c1cccc2[nH]nc(-c3ccccc3)c12. The molecule has 3 rings (SSSR count). The Kier molecular flexibility index (Phi) is 3.21. The highest BCUT2D eigenvalue weighted by Crippen LogP contribution is 2.29. The monoisotopic (exact) mass is 266 g/mol. The van der Waals surface area contributed by atoms with E-state index in [9.17, 15) is 4.79 Å². The molecular weight excluding hydrogens is 252 g/mol. The van der Waals surface area contributed by atoms with Gasteiger partial charge in [0.05, 0.1) is 17.7 Å². The number of esters is 1. The van der Waals surface area contributed by atoms with Crippen LogP contribution in [0, 0.1) is 0 Å². The van der Waals surface area contributed by atoms with E-state index in [0.29, 0.717) is 12.2 Å². The highest BCUT2D eigenvalue weighted by Gasteiger charge is 2.17. The normalized spacial score (nSPS) is 10.7. The van der Waals surface area contributed by atoms with Gasteiger partial charge in [0, 0.05) is 10.9 Å². The first-order valence-electron chi connectivity index (χ1n) is 6.51. The number of aromatic nitrogens is 2. The number of nitrogens with one attached hydrogen (secondary N) is 1. The molecule has 0 saturated carbocycles. The Morgan fingerprint density at radius 3 is 2.70 bits per heavy atom. The number of ether oxygens (including phenoxy) is 1. The summed E-state index contributed by atoms with van der Waals surface area (Å²) in [5, 5.41) is 8.11. The second-order valence-corrected chi connectivity index (χ2v) is 4.39. The molecule has 0 saturated heterocycles. The van der Waals surface area contributed by atoms with E-state index in [1.54, 1.807) is 13.0 Å². The Balaban J connectivity index is 2.22. The van der Waals surface area contributed by atoms with Crippen LogP contribution >= 0.6 is 0 Å². The fourth-order valence-electron chi connectivity index (χ4n) is 2.26. The quantitative estimate of drug-likeness (QED) is 0.739. The lowest BCUT2D eigenvalue weighted by molar-refractivity contribution is 0.0528. The average molecular weight is 266 g/mol. The molecule has 0 bridgehead atoms. The fraction of sp³-hybridized carbons (Fsp3) is 0.125. The molecule has 20 heavy (non-hydrogen) atoms. The summed E-state index contributed by atoms with van der Waals surface area (Å²) in [5.74, 6) is -0.323. The van der Waals surface area contributed by atoms with Gasteiger partial charge in [-0.25, -0.2) is 4.79 Å². The lowest BCUT2D eigenvalue weighted by Crippen LogP contribution is -2.05. The van der Waals surface area contributed by atoms with Crippen molar-refractivity contribution in [3.63, 3.8) is 0 Å². The fourth-order valence-corrected chi connectivity index (χ4v) is 2.26. The van der Waals surface area contributed by atoms with E-state index in [4.69, 9.17) is 4.74 Å². The minimum atomic E-state index is -0.323. The van der Waals surface area contributed by atoms with Gasteiger partial charge in [-0.05, 0) is 19.1 Å². The Bertz CT molecular complexity index is 748. The maximum absolute atomic E-state index is 12.1. The molecule has 0 aliphatic heterocycles. The summed E-state index contributed by atoms with van der Waals surface area (Å²) in [4.78, 5) is 12.1. The smallest absolute Gasteiger partial charge is 0.338 e. The molecule has 0 aliphatic carbocycles. The summed E-state index contributed by atoms with van der Waals surface area (Å²) >= 11 is 0. The van der Waals surface area contributed by atoms with Gasteiger partial charge in [-0.2, -0.15) is 5.10 Å². The molecule has 0 aliphatic rings. The molecule has 4 heteroatoms. The van der Waals surface area contributed by atoms with Gasteiger partial charge in [0.1, 0.15) is 5.69 Å². The van der Waals surface area contributed by atoms with E-state index >= 15 is 0 Å². The van der Waals surface area contributed by atoms with Crippen LogP contribution in [0.1, 0.15) is 17.3 Å². The number of aromatic amines is 1. The molecule has 4 nitrogen and oxygen atoms in total. The molecule has 0 amide bonds. The van der Waals surface area contributed by atoms with Crippen molar-refractivity contribution in [1.82, 2.24) is 10.2 Å². The second-order valence-electron chi connectivity index (χ2n) is 4.39. The van der Waals surface area contributed by atoms with Crippen molar-refractivity contribution in [1.29, 1.82) is 0 Å². The van der Waals surface area contributed by atoms with Crippen LogP contribution in [0.3, 0.4) is 0 Å². The van der Waals surface area contributed by atoms with Crippen molar-refractivity contribution >= 4 is 16.9 Å². The van der Waals surface area contributed by atoms with E-state index in [0.717, 1.165) is 22.2 Å². The van der Waals surface area contributed by atoms with Crippen molar-refractivity contribution < 1.29 is 9.53 Å². The zero-order valence-electron chi connectivity index (χ0n) is 11.1. The van der Waals surface area contributed by atoms with Gasteiger partial charge in [-0.3, -0.25) is 5.10 Å². The molecule has 3 aromatic rings. The zero-order chi connectivity index (χ0) is 13.9. The molecule has 2 aromatic carbocycles. The maximum Gasteiger partial charge on any atom is 0.338 e. The number of nitrogens with zero attached hydrogens (tertiary/aromatic N) is 1. The van der Waals surface area contributed by atoms with Gasteiger partial charge in [0.25, 0.3) is 0 Å². The van der Waals surface area contributed by atoms with E-state index in [-0.39, 0.29) is 5.97 Å². The number of hydrogen-bond donors (Lipinski definition) is 1. The van der Waals surface area contributed by atoms with E-state index < -0.39 is 0 Å². The molecule has 1 aromatic heterocycles. The number of fused-ring (bicyclic) bond motifs is 1. The molecular formula is C16H14N2O2. The maximum atomic E-state index is 12.1. The Morgan fingerprint density at radius 1 is 1.15 bits per heavy atom. The Labute approximate surface area is 116 Å². The van der Waals surface area contributed by atoms with Gasteiger partial charge in [-0.1, -0.05) is 36.4 Å². The number of H-pyrrole nitrogens is 1. The minimum Gasteiger partial charge on any atom is -0.462 e. The van der Waals surface area contributed by atoms with Crippen LogP contribution in [0.15, 0.2) is 48.5 Å². The van der Waals surface area contributed by atoms with Crippen molar-refractivity contribution in [2.75, 3.05) is 6.61 Å². The number of rotatable bonds is 3. The summed E-state index contributed by atoms with van der Waals surface area (Å²) in [7, 11) is 0. The summed E-state index contributed by atoms with van der Waals surface area (Å²) in [6.45, 7) is 2.15. The Hall–Kier alpha value is -2.62. The molecule has 100 valence electrons. The third kappa shape index (κ3) is 2.05. The first-order chi connectivity index (χ1) is 9.81. The summed E-state index contributed by atoms with van der Waals surface area (Å²) in [5.41, 5.74) is 3.10. The third-order valence-corrected chi connectivity index (χ3v) is 3.13. The van der Waals surface area contributed by atoms with Crippen molar-refractivity contribution in [3.8, 4) is 11.3 Å². The largest absolute Gasteiger partial charge is 0.462 e. The highest BCUT2D eigenvalue weighted by molar-refractivity contribution is 6.08. The van der Waals surface area contributed by atoms with Crippen molar-refractivity contribution in [2.45, 2.75) is 6.92 Å². The molecule has 0 fully saturated rings. The molecule has 0 radical (unpaired) electrons. The predicted molar refractivity (Wildman–Crippen MR) is 77.5 cm³/mol. The van der Waals surface area contributed by atoms with Crippen LogP contribution in [0.2, 0.25) is 0 Å². The lowest BCUT2D eigenvalue weighted by atomic mass is 10.0. The van der Waals surface area contributed by atoms with Crippen LogP contribution < -0.4 is 0 Å². The Morgan fingerprint density at radius 2 is 1.95 bits per heavy atom. The van der Waals surface area contributed by atoms with E-state index in [2.05, 4.69) is 10.2 Å². The average Bonchev–Trinajstić information content (AvgIpc) is 2.92. The summed E-state index contributed by atoms with van der Waals surface area (Å²) < 4.78 is 5.12. The number of carbonyl (C=O) groups is 1. The lowest BCUT2D eigenvalue weighted by Gasteiger charge is -2.04. The van der Waals surface area contributed by atoms with Crippen molar-refractivity contribution in [3.05, 3.63) is 54.1 Å². The molecule has 0 atom stereocenters. The van der Waals surface area contributed by atoms with E-state index in [1.165, 1.54) is 0 Å². The van der Waals surface area contributed by atoms with Gasteiger partial charge < -0.3 is 4.74 Å². The first-order valence-corrected chi connectivity index (χ1v) is 6.51.